The molecule has 0 radical (unpaired) electrons. The quantitative estimate of drug-likeness (QED) is 0.688. The van der Waals surface area contributed by atoms with E-state index in [1.165, 1.54) is 0 Å². The predicted octanol–water partition coefficient (Wildman–Crippen LogP) is 0.964. The number of amides is 1. The first-order chi connectivity index (χ1) is 8.09. The van der Waals surface area contributed by atoms with Gasteiger partial charge in [0.2, 0.25) is 5.91 Å². The molecule has 94 valence electrons. The average molecular weight is 236 g/mol. The third kappa shape index (κ3) is 5.47. The Kier molecular flexibility index (Phi) is 5.66. The number of carbonyl (C=O) groups is 1. The molecule has 4 nitrogen and oxygen atoms in total. The van der Waals surface area contributed by atoms with Crippen molar-refractivity contribution in [3.8, 4) is 0 Å². The Bertz CT molecular complexity index is 339. The molecule has 0 aromatic heterocycles. The lowest BCUT2D eigenvalue weighted by atomic mass is 10.0. The summed E-state index contributed by atoms with van der Waals surface area (Å²) in [6.07, 6.45) is 0.472. The van der Waals surface area contributed by atoms with Crippen LogP contribution < -0.4 is 11.1 Å². The number of aliphatic hydroxyl groups excluding tert-OH is 1. The van der Waals surface area contributed by atoms with Crippen LogP contribution in [0.5, 0.6) is 0 Å². The van der Waals surface area contributed by atoms with E-state index in [1.54, 1.807) is 6.92 Å². The first-order valence-electron chi connectivity index (χ1n) is 5.85. The van der Waals surface area contributed by atoms with Gasteiger partial charge in [-0.15, -0.1) is 0 Å². The molecule has 1 rings (SSSR count). The number of aliphatic hydroxyl groups is 1. The zero-order chi connectivity index (χ0) is 12.7. The van der Waals surface area contributed by atoms with Crippen LogP contribution in [-0.2, 0) is 4.79 Å². The lowest BCUT2D eigenvalue weighted by Gasteiger charge is -2.12. The van der Waals surface area contributed by atoms with Crippen molar-refractivity contribution in [2.75, 3.05) is 6.54 Å². The van der Waals surface area contributed by atoms with Crippen molar-refractivity contribution < 1.29 is 9.90 Å². The average Bonchev–Trinajstić information content (AvgIpc) is 2.34. The molecular formula is C13H20N2O2. The van der Waals surface area contributed by atoms with Crippen LogP contribution in [0.25, 0.3) is 0 Å². The maximum absolute atomic E-state index is 11.4. The van der Waals surface area contributed by atoms with Crippen LogP contribution in [0.2, 0.25) is 0 Å². The zero-order valence-corrected chi connectivity index (χ0v) is 10.1. The largest absolute Gasteiger partial charge is 0.392 e. The Morgan fingerprint density at radius 2 is 2.06 bits per heavy atom. The zero-order valence-electron chi connectivity index (χ0n) is 10.1. The van der Waals surface area contributed by atoms with Crippen molar-refractivity contribution in [3.05, 3.63) is 35.9 Å². The van der Waals surface area contributed by atoms with Gasteiger partial charge in [-0.25, -0.2) is 0 Å². The number of carbonyl (C=O) groups excluding carboxylic acids is 1. The molecule has 4 heteroatoms. The summed E-state index contributed by atoms with van der Waals surface area (Å²) in [5.74, 6) is -0.0720. The highest BCUT2D eigenvalue weighted by Gasteiger charge is 2.09. The first kappa shape index (κ1) is 13.7. The van der Waals surface area contributed by atoms with E-state index in [0.717, 1.165) is 5.56 Å². The molecule has 0 aliphatic carbocycles. The van der Waals surface area contributed by atoms with Crippen LogP contribution >= 0.6 is 0 Å². The summed E-state index contributed by atoms with van der Waals surface area (Å²) >= 11 is 0. The van der Waals surface area contributed by atoms with E-state index in [-0.39, 0.29) is 11.9 Å². The summed E-state index contributed by atoms with van der Waals surface area (Å²) in [5.41, 5.74) is 7.01. The molecule has 1 aromatic carbocycles. The molecule has 0 saturated heterocycles. The maximum Gasteiger partial charge on any atom is 0.220 e. The van der Waals surface area contributed by atoms with E-state index >= 15 is 0 Å². The molecule has 0 aliphatic heterocycles. The van der Waals surface area contributed by atoms with Crippen molar-refractivity contribution in [1.82, 2.24) is 5.32 Å². The fourth-order valence-corrected chi connectivity index (χ4v) is 1.50. The number of rotatable bonds is 6. The molecule has 4 N–H and O–H groups in total. The minimum atomic E-state index is -0.512. The summed E-state index contributed by atoms with van der Waals surface area (Å²) in [4.78, 5) is 11.4. The molecular weight excluding hydrogens is 216 g/mol. The van der Waals surface area contributed by atoms with Crippen LogP contribution in [0.1, 0.15) is 31.4 Å². The van der Waals surface area contributed by atoms with Gasteiger partial charge in [0.25, 0.3) is 0 Å². The number of nitrogens with two attached hydrogens (primary N) is 1. The SMILES string of the molecule is CC(O)CNC(=O)CCC(N)c1ccccc1. The molecule has 0 fully saturated rings. The Balaban J connectivity index is 2.29. The van der Waals surface area contributed by atoms with Gasteiger partial charge in [0.15, 0.2) is 0 Å². The van der Waals surface area contributed by atoms with Gasteiger partial charge >= 0.3 is 0 Å². The number of hydrogen-bond donors (Lipinski definition) is 3. The van der Waals surface area contributed by atoms with Crippen LogP contribution in [0.3, 0.4) is 0 Å². The lowest BCUT2D eigenvalue weighted by Crippen LogP contribution is -2.30. The van der Waals surface area contributed by atoms with Crippen molar-refractivity contribution >= 4 is 5.91 Å². The number of benzene rings is 1. The van der Waals surface area contributed by atoms with E-state index in [1.807, 2.05) is 30.3 Å². The third-order valence-electron chi connectivity index (χ3n) is 2.50. The monoisotopic (exact) mass is 236 g/mol. The molecule has 0 saturated carbocycles. The fourth-order valence-electron chi connectivity index (χ4n) is 1.50. The molecule has 0 spiro atoms. The van der Waals surface area contributed by atoms with Gasteiger partial charge in [0.1, 0.15) is 0 Å². The number of nitrogens with one attached hydrogen (secondary N) is 1. The highest BCUT2D eigenvalue weighted by atomic mass is 16.3. The third-order valence-corrected chi connectivity index (χ3v) is 2.50. The second-order valence-corrected chi connectivity index (χ2v) is 4.21. The highest BCUT2D eigenvalue weighted by molar-refractivity contribution is 5.75. The number of hydrogen-bond acceptors (Lipinski definition) is 3. The van der Waals surface area contributed by atoms with Crippen molar-refractivity contribution in [2.45, 2.75) is 31.9 Å². The van der Waals surface area contributed by atoms with Gasteiger partial charge in [-0.05, 0) is 18.9 Å². The van der Waals surface area contributed by atoms with Gasteiger partial charge in [-0.3, -0.25) is 4.79 Å². The van der Waals surface area contributed by atoms with Crippen LogP contribution in [-0.4, -0.2) is 23.7 Å². The summed E-state index contributed by atoms with van der Waals surface area (Å²) in [5, 5.41) is 11.7. The predicted molar refractivity (Wildman–Crippen MR) is 67.3 cm³/mol. The molecule has 0 aliphatic rings. The van der Waals surface area contributed by atoms with E-state index in [0.29, 0.717) is 19.4 Å². The Morgan fingerprint density at radius 3 is 2.65 bits per heavy atom. The second-order valence-electron chi connectivity index (χ2n) is 4.21. The fraction of sp³-hybridized carbons (Fsp3) is 0.462. The molecule has 17 heavy (non-hydrogen) atoms. The summed E-state index contributed by atoms with van der Waals surface area (Å²) < 4.78 is 0. The summed E-state index contributed by atoms with van der Waals surface area (Å²) in [6, 6.07) is 9.60. The Morgan fingerprint density at radius 1 is 1.41 bits per heavy atom. The van der Waals surface area contributed by atoms with Gasteiger partial charge < -0.3 is 16.2 Å². The molecule has 0 bridgehead atoms. The molecule has 0 heterocycles. The van der Waals surface area contributed by atoms with Gasteiger partial charge in [0.05, 0.1) is 6.10 Å². The van der Waals surface area contributed by atoms with Crippen LogP contribution in [0.4, 0.5) is 0 Å². The topological polar surface area (TPSA) is 75.3 Å². The van der Waals surface area contributed by atoms with E-state index < -0.39 is 6.10 Å². The lowest BCUT2D eigenvalue weighted by molar-refractivity contribution is -0.121. The van der Waals surface area contributed by atoms with Gasteiger partial charge in [0, 0.05) is 19.0 Å². The van der Waals surface area contributed by atoms with Crippen molar-refractivity contribution in [3.63, 3.8) is 0 Å². The van der Waals surface area contributed by atoms with Crippen molar-refractivity contribution in [1.29, 1.82) is 0 Å². The maximum atomic E-state index is 11.4. The van der Waals surface area contributed by atoms with Crippen LogP contribution in [0, 0.1) is 0 Å². The molecule has 1 amide bonds. The summed E-state index contributed by atoms with van der Waals surface area (Å²) in [7, 11) is 0. The molecule has 1 aromatic rings. The molecule has 2 unspecified atom stereocenters. The second kappa shape index (κ2) is 7.04. The smallest absolute Gasteiger partial charge is 0.220 e. The minimum Gasteiger partial charge on any atom is -0.392 e. The summed E-state index contributed by atoms with van der Waals surface area (Å²) in [6.45, 7) is 1.93. The Labute approximate surface area is 102 Å². The van der Waals surface area contributed by atoms with Crippen molar-refractivity contribution in [2.24, 2.45) is 5.73 Å². The van der Waals surface area contributed by atoms with E-state index in [4.69, 9.17) is 10.8 Å². The first-order valence-corrected chi connectivity index (χ1v) is 5.85. The molecule has 2 atom stereocenters. The van der Waals surface area contributed by atoms with Gasteiger partial charge in [-0.2, -0.15) is 0 Å². The van der Waals surface area contributed by atoms with Gasteiger partial charge in [-0.1, -0.05) is 30.3 Å². The van der Waals surface area contributed by atoms with Crippen LogP contribution in [0.15, 0.2) is 30.3 Å². The van der Waals surface area contributed by atoms with E-state index in [2.05, 4.69) is 5.32 Å². The van der Waals surface area contributed by atoms with E-state index in [9.17, 15) is 4.79 Å². The Hall–Kier alpha value is -1.39. The normalized spacial score (nSPS) is 14.1. The standard InChI is InChI=1S/C13H20N2O2/c1-10(16)9-15-13(17)8-7-12(14)11-5-3-2-4-6-11/h2-6,10,12,16H,7-9,14H2,1H3,(H,15,17). The highest BCUT2D eigenvalue weighted by Crippen LogP contribution is 2.14. The minimum absolute atomic E-state index is 0.0720.